The molecule has 1 aliphatic heterocycles. The topological polar surface area (TPSA) is 9.23 Å². The van der Waals surface area contributed by atoms with E-state index in [-0.39, 0.29) is 5.38 Å². The minimum atomic E-state index is -0.0478. The summed E-state index contributed by atoms with van der Waals surface area (Å²) in [6.07, 6.45) is 0.937. The van der Waals surface area contributed by atoms with Crippen molar-refractivity contribution >= 4 is 38.3 Å². The largest absolute Gasteiger partial charge is 0.379 e. The maximum Gasteiger partial charge on any atom is 0.0822 e. The molecule has 0 radical (unpaired) electrons. The summed E-state index contributed by atoms with van der Waals surface area (Å²) >= 11 is 10.0. The van der Waals surface area contributed by atoms with Crippen LogP contribution in [0.25, 0.3) is 10.8 Å². The van der Waals surface area contributed by atoms with Crippen molar-refractivity contribution in [3.8, 4) is 0 Å². The molecule has 1 atom stereocenters. The zero-order valence-electron chi connectivity index (χ0n) is 9.25. The van der Waals surface area contributed by atoms with E-state index in [9.17, 15) is 0 Å². The minimum Gasteiger partial charge on any atom is -0.379 e. The van der Waals surface area contributed by atoms with Crippen LogP contribution >= 0.6 is 27.5 Å². The second-order valence-electron chi connectivity index (χ2n) is 4.26. The van der Waals surface area contributed by atoms with Gasteiger partial charge in [0.2, 0.25) is 0 Å². The van der Waals surface area contributed by atoms with Crippen LogP contribution in [0.3, 0.4) is 0 Å². The number of benzene rings is 2. The van der Waals surface area contributed by atoms with Crippen molar-refractivity contribution in [2.24, 2.45) is 0 Å². The van der Waals surface area contributed by atoms with Crippen LogP contribution < -0.4 is 0 Å². The third-order valence-corrected chi connectivity index (χ3v) is 4.26. The van der Waals surface area contributed by atoms with Gasteiger partial charge in [0, 0.05) is 4.47 Å². The summed E-state index contributed by atoms with van der Waals surface area (Å²) < 4.78 is 6.64. The number of alkyl halides is 1. The van der Waals surface area contributed by atoms with Crippen LogP contribution in [0.15, 0.2) is 34.8 Å². The highest BCUT2D eigenvalue weighted by Gasteiger charge is 2.20. The van der Waals surface area contributed by atoms with E-state index >= 15 is 0 Å². The Morgan fingerprint density at radius 2 is 2.00 bits per heavy atom. The van der Waals surface area contributed by atoms with Gasteiger partial charge in [-0.1, -0.05) is 40.2 Å². The lowest BCUT2D eigenvalue weighted by atomic mass is 9.95. The van der Waals surface area contributed by atoms with Gasteiger partial charge >= 0.3 is 0 Å². The smallest absolute Gasteiger partial charge is 0.0822 e. The van der Waals surface area contributed by atoms with Crippen LogP contribution in [0.5, 0.6) is 0 Å². The van der Waals surface area contributed by atoms with Crippen molar-refractivity contribution in [1.82, 2.24) is 0 Å². The Kier molecular flexibility index (Phi) is 3.12. The van der Waals surface area contributed by atoms with E-state index < -0.39 is 0 Å². The molecular formula is C14H12BrClO. The van der Waals surface area contributed by atoms with Crippen molar-refractivity contribution in [2.75, 3.05) is 13.2 Å². The van der Waals surface area contributed by atoms with Crippen LogP contribution in [0.4, 0.5) is 0 Å². The van der Waals surface area contributed by atoms with Crippen LogP contribution in [-0.2, 0) is 11.2 Å². The molecule has 0 aromatic heterocycles. The van der Waals surface area contributed by atoms with Gasteiger partial charge in [-0.25, -0.2) is 0 Å². The first kappa shape index (κ1) is 11.5. The number of ether oxygens (including phenoxy) is 1. The lowest BCUT2D eigenvalue weighted by Gasteiger charge is -2.14. The molecule has 0 amide bonds. The monoisotopic (exact) mass is 310 g/mol. The molecule has 0 saturated heterocycles. The summed E-state index contributed by atoms with van der Waals surface area (Å²) in [7, 11) is 0. The predicted molar refractivity (Wildman–Crippen MR) is 74.8 cm³/mol. The molecule has 1 unspecified atom stereocenters. The summed E-state index contributed by atoms with van der Waals surface area (Å²) in [5.74, 6) is 0. The summed E-state index contributed by atoms with van der Waals surface area (Å²) in [5, 5.41) is 2.48. The number of hydrogen-bond acceptors (Lipinski definition) is 1. The first-order valence-corrected chi connectivity index (χ1v) is 6.92. The molecule has 0 saturated carbocycles. The second-order valence-corrected chi connectivity index (χ2v) is 5.65. The van der Waals surface area contributed by atoms with Crippen LogP contribution in [0.2, 0.25) is 0 Å². The molecule has 2 aromatic carbocycles. The van der Waals surface area contributed by atoms with Crippen molar-refractivity contribution in [3.63, 3.8) is 0 Å². The number of rotatable bonds is 0. The van der Waals surface area contributed by atoms with Gasteiger partial charge in [-0.05, 0) is 34.4 Å². The molecule has 3 heteroatoms. The molecule has 1 nitrogen and oxygen atoms in total. The molecule has 2 aromatic rings. The summed E-state index contributed by atoms with van der Waals surface area (Å²) in [5.41, 5.74) is 2.54. The number of halogens is 2. The van der Waals surface area contributed by atoms with Crippen molar-refractivity contribution in [2.45, 2.75) is 11.8 Å². The maximum absolute atomic E-state index is 6.38. The molecule has 0 fully saturated rings. The molecule has 0 bridgehead atoms. The van der Waals surface area contributed by atoms with Gasteiger partial charge in [0.05, 0.1) is 18.6 Å². The van der Waals surface area contributed by atoms with Gasteiger partial charge in [-0.15, -0.1) is 11.6 Å². The lowest BCUT2D eigenvalue weighted by molar-refractivity contribution is 0.144. The van der Waals surface area contributed by atoms with E-state index in [1.54, 1.807) is 0 Å². The minimum absolute atomic E-state index is 0.0478. The van der Waals surface area contributed by atoms with Crippen LogP contribution in [0.1, 0.15) is 16.5 Å². The van der Waals surface area contributed by atoms with E-state index in [1.807, 2.05) is 0 Å². The number of fused-ring (bicyclic) bond motifs is 3. The predicted octanol–water partition coefficient (Wildman–Crippen LogP) is 4.45. The van der Waals surface area contributed by atoms with Crippen molar-refractivity contribution < 1.29 is 4.74 Å². The van der Waals surface area contributed by atoms with Gasteiger partial charge < -0.3 is 4.74 Å². The van der Waals surface area contributed by atoms with Crippen molar-refractivity contribution in [1.29, 1.82) is 0 Å². The highest BCUT2D eigenvalue weighted by Crippen LogP contribution is 2.36. The van der Waals surface area contributed by atoms with Crippen LogP contribution in [0, 0.1) is 0 Å². The zero-order valence-corrected chi connectivity index (χ0v) is 11.6. The molecule has 1 aliphatic rings. The average Bonchev–Trinajstić information content (AvgIpc) is 2.53. The van der Waals surface area contributed by atoms with Gasteiger partial charge in [0.15, 0.2) is 0 Å². The molecule has 0 aliphatic carbocycles. The fraction of sp³-hybridized carbons (Fsp3) is 0.286. The van der Waals surface area contributed by atoms with E-state index in [4.69, 9.17) is 16.3 Å². The zero-order chi connectivity index (χ0) is 11.8. The highest BCUT2D eigenvalue weighted by molar-refractivity contribution is 9.10. The maximum atomic E-state index is 6.38. The summed E-state index contributed by atoms with van der Waals surface area (Å²) in [6, 6.07) is 10.6. The first-order chi connectivity index (χ1) is 8.27. The molecule has 17 heavy (non-hydrogen) atoms. The van der Waals surface area contributed by atoms with Gasteiger partial charge in [-0.3, -0.25) is 0 Å². The summed E-state index contributed by atoms with van der Waals surface area (Å²) in [6.45, 7) is 1.35. The van der Waals surface area contributed by atoms with Gasteiger partial charge in [0.1, 0.15) is 0 Å². The quantitative estimate of drug-likeness (QED) is 0.653. The third kappa shape index (κ3) is 1.99. The molecule has 0 N–H and O–H groups in total. The molecular weight excluding hydrogens is 300 g/mol. The number of hydrogen-bond donors (Lipinski definition) is 0. The average molecular weight is 312 g/mol. The highest BCUT2D eigenvalue weighted by atomic mass is 79.9. The Hall–Kier alpha value is -0.570. The van der Waals surface area contributed by atoms with E-state index in [0.29, 0.717) is 6.61 Å². The SMILES string of the molecule is ClC1COCCc2c1cc(Br)c1ccccc21. The molecule has 0 spiro atoms. The Morgan fingerprint density at radius 1 is 1.24 bits per heavy atom. The Labute approximate surface area is 114 Å². The van der Waals surface area contributed by atoms with E-state index in [0.717, 1.165) is 17.5 Å². The third-order valence-electron chi connectivity index (χ3n) is 3.24. The van der Waals surface area contributed by atoms with Gasteiger partial charge in [0.25, 0.3) is 0 Å². The molecule has 3 rings (SSSR count). The lowest BCUT2D eigenvalue weighted by Crippen LogP contribution is -1.99. The first-order valence-electron chi connectivity index (χ1n) is 5.69. The Balaban J connectivity index is 2.34. The summed E-state index contributed by atoms with van der Waals surface area (Å²) in [4.78, 5) is 0. The Morgan fingerprint density at radius 3 is 2.82 bits per heavy atom. The second kappa shape index (κ2) is 4.60. The standard InChI is InChI=1S/C14H12BrClO/c15-13-7-12-10(5-6-17-8-14(12)16)9-3-1-2-4-11(9)13/h1-4,7,14H,5-6,8H2. The normalized spacial score (nSPS) is 20.0. The van der Waals surface area contributed by atoms with E-state index in [1.165, 1.54) is 21.9 Å². The fourth-order valence-corrected chi connectivity index (χ4v) is 3.30. The molecule has 88 valence electrons. The van der Waals surface area contributed by atoms with E-state index in [2.05, 4.69) is 46.3 Å². The fourth-order valence-electron chi connectivity index (χ4n) is 2.42. The molecule has 1 heterocycles. The van der Waals surface area contributed by atoms with Crippen molar-refractivity contribution in [3.05, 3.63) is 45.9 Å². The van der Waals surface area contributed by atoms with Gasteiger partial charge in [-0.2, -0.15) is 0 Å². The Bertz CT molecular complexity index is 567. The van der Waals surface area contributed by atoms with Crippen LogP contribution in [-0.4, -0.2) is 13.2 Å².